The summed E-state index contributed by atoms with van der Waals surface area (Å²) in [5, 5.41) is 7.42. The van der Waals surface area contributed by atoms with Crippen molar-refractivity contribution in [3.63, 3.8) is 0 Å². The number of aromatic nitrogens is 2. The Morgan fingerprint density at radius 1 is 1.71 bits per heavy atom. The standard InChI is InChI=1S/C8H12N2O2S2/c1-3-6(7(11)12-4-2)14-8-10-9-5-13-8/h5-6H,3-4H2,1-2H3. The molecule has 0 saturated carbocycles. The summed E-state index contributed by atoms with van der Waals surface area (Å²) in [5.74, 6) is -0.171. The van der Waals surface area contributed by atoms with Gasteiger partial charge in [0, 0.05) is 0 Å². The lowest BCUT2D eigenvalue weighted by Crippen LogP contribution is -2.19. The molecule has 0 aliphatic carbocycles. The quantitative estimate of drug-likeness (QED) is 0.574. The summed E-state index contributed by atoms with van der Waals surface area (Å²) in [6, 6.07) is 0. The van der Waals surface area contributed by atoms with Crippen molar-refractivity contribution < 1.29 is 9.53 Å². The maximum Gasteiger partial charge on any atom is 0.319 e. The van der Waals surface area contributed by atoms with E-state index >= 15 is 0 Å². The Hall–Kier alpha value is -0.620. The minimum atomic E-state index is -0.171. The normalized spacial score (nSPS) is 12.4. The number of rotatable bonds is 5. The monoisotopic (exact) mass is 232 g/mol. The molecule has 0 aromatic carbocycles. The van der Waals surface area contributed by atoms with Crippen LogP contribution in [0.1, 0.15) is 20.3 Å². The third-order valence-electron chi connectivity index (χ3n) is 1.50. The Morgan fingerprint density at radius 3 is 3.00 bits per heavy atom. The predicted molar refractivity (Wildman–Crippen MR) is 56.5 cm³/mol. The van der Waals surface area contributed by atoms with Crippen LogP contribution in [0.15, 0.2) is 9.85 Å². The summed E-state index contributed by atoms with van der Waals surface area (Å²) in [4.78, 5) is 11.4. The van der Waals surface area contributed by atoms with Crippen LogP contribution in [0, 0.1) is 0 Å². The van der Waals surface area contributed by atoms with E-state index in [1.807, 2.05) is 6.92 Å². The van der Waals surface area contributed by atoms with E-state index in [1.165, 1.54) is 23.1 Å². The molecule has 0 spiro atoms. The average molecular weight is 232 g/mol. The van der Waals surface area contributed by atoms with Crippen LogP contribution < -0.4 is 0 Å². The summed E-state index contributed by atoms with van der Waals surface area (Å²) in [6.07, 6.45) is 0.739. The second kappa shape index (κ2) is 5.98. The van der Waals surface area contributed by atoms with Crippen molar-refractivity contribution in [3.05, 3.63) is 5.51 Å². The van der Waals surface area contributed by atoms with E-state index in [9.17, 15) is 4.79 Å². The minimum Gasteiger partial charge on any atom is -0.465 e. The van der Waals surface area contributed by atoms with E-state index in [0.717, 1.165) is 10.8 Å². The van der Waals surface area contributed by atoms with E-state index in [1.54, 1.807) is 12.4 Å². The van der Waals surface area contributed by atoms with E-state index in [2.05, 4.69) is 10.2 Å². The lowest BCUT2D eigenvalue weighted by atomic mass is 10.3. The van der Waals surface area contributed by atoms with E-state index in [-0.39, 0.29) is 11.2 Å². The van der Waals surface area contributed by atoms with Crippen LogP contribution >= 0.6 is 23.1 Å². The fraction of sp³-hybridized carbons (Fsp3) is 0.625. The lowest BCUT2D eigenvalue weighted by molar-refractivity contribution is -0.142. The van der Waals surface area contributed by atoms with Crippen LogP contribution in [0.5, 0.6) is 0 Å². The van der Waals surface area contributed by atoms with Gasteiger partial charge >= 0.3 is 5.97 Å². The number of nitrogens with zero attached hydrogens (tertiary/aromatic N) is 2. The van der Waals surface area contributed by atoms with E-state index < -0.39 is 0 Å². The van der Waals surface area contributed by atoms with Crippen molar-refractivity contribution in [2.24, 2.45) is 0 Å². The Morgan fingerprint density at radius 2 is 2.50 bits per heavy atom. The molecule has 4 nitrogen and oxygen atoms in total. The fourth-order valence-electron chi connectivity index (χ4n) is 0.869. The molecule has 1 heterocycles. The molecule has 0 amide bonds. The molecule has 1 atom stereocenters. The highest BCUT2D eigenvalue weighted by molar-refractivity contribution is 8.02. The van der Waals surface area contributed by atoms with Gasteiger partial charge in [-0.25, -0.2) is 0 Å². The first-order valence-corrected chi connectivity index (χ1v) is 6.13. The maximum absolute atomic E-state index is 11.4. The summed E-state index contributed by atoms with van der Waals surface area (Å²) >= 11 is 2.85. The van der Waals surface area contributed by atoms with Crippen molar-refractivity contribution in [3.8, 4) is 0 Å². The molecule has 0 aliphatic heterocycles. The molecule has 78 valence electrons. The number of hydrogen-bond acceptors (Lipinski definition) is 6. The van der Waals surface area contributed by atoms with Crippen LogP contribution in [0.25, 0.3) is 0 Å². The summed E-state index contributed by atoms with van der Waals surface area (Å²) < 4.78 is 5.75. The molecule has 14 heavy (non-hydrogen) atoms. The van der Waals surface area contributed by atoms with Gasteiger partial charge in [-0.15, -0.1) is 10.2 Å². The SMILES string of the molecule is CCOC(=O)C(CC)Sc1nncs1. The van der Waals surface area contributed by atoms with Gasteiger partial charge < -0.3 is 4.74 Å². The number of ether oxygens (including phenoxy) is 1. The van der Waals surface area contributed by atoms with Gasteiger partial charge in [-0.1, -0.05) is 30.0 Å². The summed E-state index contributed by atoms with van der Waals surface area (Å²) in [6.45, 7) is 4.18. The zero-order valence-electron chi connectivity index (χ0n) is 8.10. The number of carbonyl (C=O) groups excluding carboxylic acids is 1. The largest absolute Gasteiger partial charge is 0.465 e. The minimum absolute atomic E-state index is 0.164. The van der Waals surface area contributed by atoms with Crippen LogP contribution in [-0.4, -0.2) is 28.0 Å². The van der Waals surface area contributed by atoms with E-state index in [0.29, 0.717) is 6.61 Å². The molecule has 0 saturated heterocycles. The second-order valence-electron chi connectivity index (χ2n) is 2.47. The first-order valence-electron chi connectivity index (χ1n) is 4.37. The first kappa shape index (κ1) is 11.5. The number of hydrogen-bond donors (Lipinski definition) is 0. The van der Waals surface area contributed by atoms with Gasteiger partial charge in [0.1, 0.15) is 10.8 Å². The topological polar surface area (TPSA) is 52.1 Å². The van der Waals surface area contributed by atoms with Crippen LogP contribution in [0.4, 0.5) is 0 Å². The van der Waals surface area contributed by atoms with Gasteiger partial charge in [0.2, 0.25) is 0 Å². The second-order valence-corrected chi connectivity index (χ2v) is 4.75. The van der Waals surface area contributed by atoms with Crippen LogP contribution in [0.2, 0.25) is 0 Å². The van der Waals surface area contributed by atoms with Crippen molar-refractivity contribution >= 4 is 29.1 Å². The van der Waals surface area contributed by atoms with Gasteiger partial charge in [-0.2, -0.15) is 0 Å². The highest BCUT2D eigenvalue weighted by Gasteiger charge is 2.20. The Balaban J connectivity index is 2.50. The highest BCUT2D eigenvalue weighted by Crippen LogP contribution is 2.26. The number of thioether (sulfide) groups is 1. The average Bonchev–Trinajstić information content (AvgIpc) is 2.66. The van der Waals surface area contributed by atoms with Gasteiger partial charge in [0.15, 0.2) is 4.34 Å². The Bertz CT molecular complexity index is 277. The molecular formula is C8H12N2O2S2. The van der Waals surface area contributed by atoms with Crippen LogP contribution in [-0.2, 0) is 9.53 Å². The van der Waals surface area contributed by atoms with Gasteiger partial charge in [-0.3, -0.25) is 4.79 Å². The molecule has 0 bridgehead atoms. The first-order chi connectivity index (χ1) is 6.77. The zero-order chi connectivity index (χ0) is 10.4. The van der Waals surface area contributed by atoms with Crippen LogP contribution in [0.3, 0.4) is 0 Å². The molecule has 1 aromatic heterocycles. The lowest BCUT2D eigenvalue weighted by Gasteiger charge is -2.10. The predicted octanol–water partition coefficient (Wildman–Crippen LogP) is 1.97. The van der Waals surface area contributed by atoms with Crippen molar-refractivity contribution in [2.45, 2.75) is 29.9 Å². The Kier molecular flexibility index (Phi) is 4.89. The number of carbonyl (C=O) groups is 1. The molecule has 0 aliphatic rings. The molecule has 1 rings (SSSR count). The number of esters is 1. The fourth-order valence-corrected chi connectivity index (χ4v) is 2.52. The summed E-state index contributed by atoms with van der Waals surface area (Å²) in [7, 11) is 0. The molecule has 0 N–H and O–H groups in total. The van der Waals surface area contributed by atoms with Crippen molar-refractivity contribution in [1.82, 2.24) is 10.2 Å². The molecule has 6 heteroatoms. The molecule has 1 aromatic rings. The molecule has 1 unspecified atom stereocenters. The zero-order valence-corrected chi connectivity index (χ0v) is 9.73. The summed E-state index contributed by atoms with van der Waals surface area (Å²) in [5.41, 5.74) is 1.65. The highest BCUT2D eigenvalue weighted by atomic mass is 32.2. The molecular weight excluding hydrogens is 220 g/mol. The van der Waals surface area contributed by atoms with Crippen molar-refractivity contribution in [1.29, 1.82) is 0 Å². The third kappa shape index (κ3) is 3.26. The molecule has 0 radical (unpaired) electrons. The van der Waals surface area contributed by atoms with E-state index in [4.69, 9.17) is 4.74 Å². The Labute approximate surface area is 91.1 Å². The smallest absolute Gasteiger partial charge is 0.319 e. The maximum atomic E-state index is 11.4. The van der Waals surface area contributed by atoms with Gasteiger partial charge in [0.25, 0.3) is 0 Å². The van der Waals surface area contributed by atoms with Crippen molar-refractivity contribution in [2.75, 3.05) is 6.61 Å². The van der Waals surface area contributed by atoms with Gasteiger partial charge in [-0.05, 0) is 13.3 Å². The van der Waals surface area contributed by atoms with Gasteiger partial charge in [0.05, 0.1) is 6.61 Å². The third-order valence-corrected chi connectivity index (χ3v) is 3.66. The molecule has 0 fully saturated rings.